The summed E-state index contributed by atoms with van der Waals surface area (Å²) < 4.78 is 0. The predicted molar refractivity (Wildman–Crippen MR) is 35.3 cm³/mol. The van der Waals surface area contributed by atoms with E-state index < -0.39 is 0 Å². The zero-order valence-electron chi connectivity index (χ0n) is 5.55. The van der Waals surface area contributed by atoms with E-state index in [4.69, 9.17) is 0 Å². The Hall–Kier alpha value is -0.410. The topological polar surface area (TPSA) is 41.1 Å². The Bertz CT molecular complexity index is 105. The first-order valence-electron chi connectivity index (χ1n) is 3.22. The van der Waals surface area contributed by atoms with Gasteiger partial charge in [0.05, 0.1) is 6.04 Å². The molecule has 0 aromatic carbocycles. The van der Waals surface area contributed by atoms with E-state index in [-0.39, 0.29) is 6.04 Å². The average molecular weight is 128 g/mol. The minimum absolute atomic E-state index is 0.0856. The molecule has 2 atom stereocenters. The lowest BCUT2D eigenvalue weighted by atomic mass is 10.2. The molecule has 3 nitrogen and oxygen atoms in total. The molecule has 2 N–H and O–H groups in total. The number of likely N-dealkylation sites (N-methyl/N-ethyl adjacent to an activating group) is 1. The van der Waals surface area contributed by atoms with Gasteiger partial charge in [-0.05, 0) is 13.5 Å². The van der Waals surface area contributed by atoms with Crippen molar-refractivity contribution in [2.75, 3.05) is 13.6 Å². The molecular formula is C6H12N2O. The summed E-state index contributed by atoms with van der Waals surface area (Å²) in [4.78, 5) is 10.2. The number of aldehydes is 1. The van der Waals surface area contributed by atoms with Crippen molar-refractivity contribution >= 4 is 6.29 Å². The van der Waals surface area contributed by atoms with E-state index in [0.717, 1.165) is 19.3 Å². The van der Waals surface area contributed by atoms with Crippen molar-refractivity contribution in [1.82, 2.24) is 10.6 Å². The number of nitrogens with one attached hydrogen (secondary N) is 2. The smallest absolute Gasteiger partial charge is 0.136 e. The fourth-order valence-electron chi connectivity index (χ4n) is 1.09. The van der Waals surface area contributed by atoms with Crippen LogP contribution in [0.15, 0.2) is 0 Å². The normalized spacial score (nSPS) is 34.8. The second-order valence-corrected chi connectivity index (χ2v) is 2.37. The number of carbonyl (C=O) groups is 1. The van der Waals surface area contributed by atoms with Crippen LogP contribution in [-0.2, 0) is 4.79 Å². The average Bonchev–Trinajstić information content (AvgIpc) is 2.34. The van der Waals surface area contributed by atoms with Gasteiger partial charge in [0.2, 0.25) is 0 Å². The van der Waals surface area contributed by atoms with Crippen LogP contribution in [0.25, 0.3) is 0 Å². The van der Waals surface area contributed by atoms with E-state index in [1.165, 1.54) is 0 Å². The molecule has 0 bridgehead atoms. The molecule has 1 fully saturated rings. The van der Waals surface area contributed by atoms with Crippen molar-refractivity contribution in [3.8, 4) is 0 Å². The molecule has 0 spiro atoms. The Morgan fingerprint density at radius 1 is 1.78 bits per heavy atom. The van der Waals surface area contributed by atoms with Crippen molar-refractivity contribution in [1.29, 1.82) is 0 Å². The first-order valence-corrected chi connectivity index (χ1v) is 3.22. The first-order chi connectivity index (χ1) is 4.36. The fourth-order valence-corrected chi connectivity index (χ4v) is 1.09. The Labute approximate surface area is 54.8 Å². The molecule has 2 unspecified atom stereocenters. The van der Waals surface area contributed by atoms with Crippen LogP contribution < -0.4 is 10.6 Å². The molecule has 0 aromatic rings. The fraction of sp³-hybridized carbons (Fsp3) is 0.833. The molecular weight excluding hydrogens is 116 g/mol. The van der Waals surface area contributed by atoms with Gasteiger partial charge in [-0.3, -0.25) is 0 Å². The maximum atomic E-state index is 10.2. The number of hydrogen-bond donors (Lipinski definition) is 2. The monoisotopic (exact) mass is 128 g/mol. The molecule has 0 aromatic heterocycles. The van der Waals surface area contributed by atoms with Gasteiger partial charge < -0.3 is 15.4 Å². The van der Waals surface area contributed by atoms with Crippen molar-refractivity contribution in [2.45, 2.75) is 18.5 Å². The van der Waals surface area contributed by atoms with Gasteiger partial charge >= 0.3 is 0 Å². The van der Waals surface area contributed by atoms with E-state index >= 15 is 0 Å². The van der Waals surface area contributed by atoms with Crippen LogP contribution in [0.3, 0.4) is 0 Å². The molecule has 52 valence electrons. The molecule has 0 aliphatic carbocycles. The second kappa shape index (κ2) is 2.94. The lowest BCUT2D eigenvalue weighted by molar-refractivity contribution is -0.109. The predicted octanol–water partition coefficient (Wildman–Crippen LogP) is -0.865. The van der Waals surface area contributed by atoms with E-state index in [1.54, 1.807) is 0 Å². The maximum Gasteiger partial charge on any atom is 0.136 e. The van der Waals surface area contributed by atoms with E-state index in [1.807, 2.05) is 7.05 Å². The largest absolute Gasteiger partial charge is 0.316 e. The third-order valence-electron chi connectivity index (χ3n) is 1.74. The summed E-state index contributed by atoms with van der Waals surface area (Å²) in [6, 6.07) is 0.572. The van der Waals surface area contributed by atoms with Gasteiger partial charge in [-0.1, -0.05) is 0 Å². The zero-order chi connectivity index (χ0) is 6.69. The van der Waals surface area contributed by atoms with Gasteiger partial charge in [0.1, 0.15) is 6.29 Å². The summed E-state index contributed by atoms with van der Waals surface area (Å²) in [5.74, 6) is 0. The summed E-state index contributed by atoms with van der Waals surface area (Å²) in [5, 5.41) is 6.18. The van der Waals surface area contributed by atoms with Crippen LogP contribution in [0.1, 0.15) is 6.42 Å². The SMILES string of the molecule is CNC1CNC(C=O)C1. The van der Waals surface area contributed by atoms with Gasteiger partial charge in [-0.15, -0.1) is 0 Å². The summed E-state index contributed by atoms with van der Waals surface area (Å²) in [5.41, 5.74) is 0. The van der Waals surface area contributed by atoms with Crippen LogP contribution in [0.4, 0.5) is 0 Å². The standard InChI is InChI=1S/C6H12N2O/c1-7-5-2-6(4-9)8-3-5/h4-8H,2-3H2,1H3. The molecule has 0 amide bonds. The molecule has 9 heavy (non-hydrogen) atoms. The highest BCUT2D eigenvalue weighted by atomic mass is 16.1. The van der Waals surface area contributed by atoms with Gasteiger partial charge in [0.15, 0.2) is 0 Å². The van der Waals surface area contributed by atoms with E-state index in [2.05, 4.69) is 10.6 Å². The Morgan fingerprint density at radius 3 is 2.89 bits per heavy atom. The molecule has 0 saturated carbocycles. The third kappa shape index (κ3) is 1.50. The van der Waals surface area contributed by atoms with Crippen molar-refractivity contribution in [3.63, 3.8) is 0 Å². The zero-order valence-corrected chi connectivity index (χ0v) is 5.55. The summed E-state index contributed by atoms with van der Waals surface area (Å²) in [7, 11) is 1.92. The quantitative estimate of drug-likeness (QED) is 0.475. The van der Waals surface area contributed by atoms with Crippen molar-refractivity contribution in [3.05, 3.63) is 0 Å². The highest BCUT2D eigenvalue weighted by molar-refractivity contribution is 5.58. The van der Waals surface area contributed by atoms with Crippen LogP contribution >= 0.6 is 0 Å². The lowest BCUT2D eigenvalue weighted by Crippen LogP contribution is -2.27. The first kappa shape index (κ1) is 6.71. The van der Waals surface area contributed by atoms with E-state index in [0.29, 0.717) is 6.04 Å². The summed E-state index contributed by atoms with van der Waals surface area (Å²) >= 11 is 0. The minimum atomic E-state index is 0.0856. The Kier molecular flexibility index (Phi) is 2.19. The van der Waals surface area contributed by atoms with Crippen LogP contribution in [-0.4, -0.2) is 32.0 Å². The van der Waals surface area contributed by atoms with Crippen molar-refractivity contribution in [2.24, 2.45) is 0 Å². The molecule has 3 heteroatoms. The van der Waals surface area contributed by atoms with Gasteiger partial charge in [-0.2, -0.15) is 0 Å². The Morgan fingerprint density at radius 2 is 2.56 bits per heavy atom. The van der Waals surface area contributed by atoms with Gasteiger partial charge in [-0.25, -0.2) is 0 Å². The molecule has 1 aliphatic rings. The highest BCUT2D eigenvalue weighted by Crippen LogP contribution is 2.02. The van der Waals surface area contributed by atoms with Crippen LogP contribution in [0, 0.1) is 0 Å². The second-order valence-electron chi connectivity index (χ2n) is 2.37. The molecule has 1 aliphatic heterocycles. The Balaban J connectivity index is 2.28. The van der Waals surface area contributed by atoms with E-state index in [9.17, 15) is 4.79 Å². The van der Waals surface area contributed by atoms with Crippen molar-refractivity contribution < 1.29 is 4.79 Å². The highest BCUT2D eigenvalue weighted by Gasteiger charge is 2.21. The number of carbonyl (C=O) groups excluding carboxylic acids is 1. The van der Waals surface area contributed by atoms with Gasteiger partial charge in [0.25, 0.3) is 0 Å². The molecule has 1 rings (SSSR count). The van der Waals surface area contributed by atoms with Crippen LogP contribution in [0.5, 0.6) is 0 Å². The number of hydrogen-bond acceptors (Lipinski definition) is 3. The van der Waals surface area contributed by atoms with Crippen LogP contribution in [0.2, 0.25) is 0 Å². The molecule has 1 saturated heterocycles. The maximum absolute atomic E-state index is 10.2. The number of rotatable bonds is 2. The van der Waals surface area contributed by atoms with Gasteiger partial charge in [0, 0.05) is 12.6 Å². The summed E-state index contributed by atoms with van der Waals surface area (Å²) in [6.07, 6.45) is 1.90. The minimum Gasteiger partial charge on any atom is -0.316 e. The molecule has 1 heterocycles. The third-order valence-corrected chi connectivity index (χ3v) is 1.74. The molecule has 0 radical (unpaired) electrons. The summed E-state index contributed by atoms with van der Waals surface area (Å²) in [6.45, 7) is 0.917. The lowest BCUT2D eigenvalue weighted by Gasteiger charge is -2.03.